The van der Waals surface area contributed by atoms with E-state index in [1.807, 2.05) is 6.92 Å². The number of unbranched alkanes of at least 4 members (excludes halogenated alkanes) is 1. The van der Waals surface area contributed by atoms with Gasteiger partial charge in [0.25, 0.3) is 0 Å². The molecule has 0 saturated heterocycles. The van der Waals surface area contributed by atoms with Crippen molar-refractivity contribution in [3.63, 3.8) is 0 Å². The van der Waals surface area contributed by atoms with Crippen molar-refractivity contribution in [1.29, 1.82) is 0 Å². The van der Waals surface area contributed by atoms with Crippen molar-refractivity contribution in [3.05, 3.63) is 65.2 Å². The summed E-state index contributed by atoms with van der Waals surface area (Å²) in [5.74, 6) is -2.34. The maximum absolute atomic E-state index is 13.4. The zero-order valence-electron chi connectivity index (χ0n) is 17.9. The molecule has 2 N–H and O–H groups in total. The smallest absolute Gasteiger partial charge is 0.339 e. The van der Waals surface area contributed by atoms with Crippen LogP contribution in [0.2, 0.25) is 0 Å². The van der Waals surface area contributed by atoms with Crippen LogP contribution in [-0.4, -0.2) is 38.2 Å². The van der Waals surface area contributed by atoms with Gasteiger partial charge in [0.05, 0.1) is 6.61 Å². The zero-order chi connectivity index (χ0) is 22.8. The summed E-state index contributed by atoms with van der Waals surface area (Å²) < 4.78 is 16.1. The fourth-order valence-corrected chi connectivity index (χ4v) is 3.95. The molecule has 1 atom stereocenters. The minimum absolute atomic E-state index is 0.000805. The number of allylic oxidation sites excluding steroid dienone is 1. The van der Waals surface area contributed by atoms with Crippen LogP contribution in [0.25, 0.3) is 0 Å². The highest BCUT2D eigenvalue weighted by atomic mass is 16.6. The van der Waals surface area contributed by atoms with E-state index in [4.69, 9.17) is 19.9 Å². The lowest BCUT2D eigenvalue weighted by molar-refractivity contribution is -0.147. The highest BCUT2D eigenvalue weighted by molar-refractivity contribution is 6.16. The standard InChI is InChI=1S/C23H26N2O6/c1-5-7-13-30-21(27)18-19(24)25(4)16-11-9-8-10-15(16)23(18)17(14(3)31-22(23)28)20(26)29-12-6-2/h6,8-11H,2,5,7,12-13,24H2,1,3-4H3/t23-/m0/s1. The van der Waals surface area contributed by atoms with Crippen LogP contribution in [0, 0.1) is 0 Å². The van der Waals surface area contributed by atoms with Gasteiger partial charge in [0.2, 0.25) is 0 Å². The number of anilines is 1. The molecule has 0 fully saturated rings. The summed E-state index contributed by atoms with van der Waals surface area (Å²) in [5, 5.41) is 0. The Kier molecular flexibility index (Phi) is 6.19. The quantitative estimate of drug-likeness (QED) is 0.307. The van der Waals surface area contributed by atoms with Gasteiger partial charge in [-0.05, 0) is 19.4 Å². The number of nitrogens with two attached hydrogens (primary N) is 1. The topological polar surface area (TPSA) is 108 Å². The van der Waals surface area contributed by atoms with Gasteiger partial charge >= 0.3 is 17.9 Å². The Morgan fingerprint density at radius 3 is 2.58 bits per heavy atom. The average molecular weight is 426 g/mol. The van der Waals surface area contributed by atoms with E-state index in [0.29, 0.717) is 17.7 Å². The molecule has 8 nitrogen and oxygen atoms in total. The molecule has 2 aliphatic rings. The summed E-state index contributed by atoms with van der Waals surface area (Å²) in [4.78, 5) is 41.3. The number of nitrogens with zero attached hydrogens (tertiary/aromatic N) is 1. The summed E-state index contributed by atoms with van der Waals surface area (Å²) in [6, 6.07) is 6.89. The van der Waals surface area contributed by atoms with E-state index >= 15 is 0 Å². The number of ether oxygens (including phenoxy) is 3. The molecule has 2 aliphatic heterocycles. The lowest BCUT2D eigenvalue weighted by Crippen LogP contribution is -2.50. The first-order valence-corrected chi connectivity index (χ1v) is 10.0. The second-order valence-corrected chi connectivity index (χ2v) is 7.28. The Balaban J connectivity index is 2.29. The largest absolute Gasteiger partial charge is 0.462 e. The Labute approximate surface area is 180 Å². The van der Waals surface area contributed by atoms with Gasteiger partial charge in [-0.15, -0.1) is 0 Å². The Morgan fingerprint density at radius 1 is 1.23 bits per heavy atom. The minimum atomic E-state index is -1.89. The third-order valence-electron chi connectivity index (χ3n) is 5.41. The molecule has 164 valence electrons. The molecule has 3 rings (SSSR count). The first-order chi connectivity index (χ1) is 14.8. The lowest BCUT2D eigenvalue weighted by atomic mass is 9.66. The lowest BCUT2D eigenvalue weighted by Gasteiger charge is -2.39. The fraction of sp³-hybridized carbons (Fsp3) is 0.348. The number of hydrogen-bond donors (Lipinski definition) is 1. The van der Waals surface area contributed by atoms with Crippen molar-refractivity contribution in [2.45, 2.75) is 32.1 Å². The van der Waals surface area contributed by atoms with E-state index in [2.05, 4.69) is 6.58 Å². The molecule has 0 aromatic heterocycles. The number of carbonyl (C=O) groups excluding carboxylic acids is 3. The van der Waals surface area contributed by atoms with Crippen LogP contribution >= 0.6 is 0 Å². The van der Waals surface area contributed by atoms with Crippen molar-refractivity contribution in [2.24, 2.45) is 5.73 Å². The van der Waals surface area contributed by atoms with Crippen LogP contribution in [0.4, 0.5) is 5.69 Å². The Hall–Kier alpha value is -3.55. The number of fused-ring (bicyclic) bond motifs is 2. The Morgan fingerprint density at radius 2 is 1.90 bits per heavy atom. The van der Waals surface area contributed by atoms with Crippen molar-refractivity contribution >= 4 is 23.6 Å². The molecule has 31 heavy (non-hydrogen) atoms. The van der Waals surface area contributed by atoms with Crippen LogP contribution < -0.4 is 10.6 Å². The SMILES string of the molecule is C=CCOC(=O)C1=C(C)OC(=O)[C@]12C(C(=O)OCCCC)=C(N)N(C)c1ccccc12. The molecule has 0 saturated carbocycles. The van der Waals surface area contributed by atoms with Gasteiger partial charge in [0, 0.05) is 18.3 Å². The summed E-state index contributed by atoms with van der Waals surface area (Å²) in [6.45, 7) is 7.06. The molecule has 0 bridgehead atoms. The number of esters is 3. The predicted octanol–water partition coefficient (Wildman–Crippen LogP) is 2.45. The second kappa shape index (κ2) is 8.67. The molecule has 1 aromatic carbocycles. The first-order valence-electron chi connectivity index (χ1n) is 10.0. The van der Waals surface area contributed by atoms with E-state index in [0.717, 1.165) is 6.42 Å². The number of cyclic esters (lactones) is 1. The number of carbonyl (C=O) groups is 3. The summed E-state index contributed by atoms with van der Waals surface area (Å²) in [7, 11) is 1.67. The van der Waals surface area contributed by atoms with Gasteiger partial charge < -0.3 is 24.8 Å². The van der Waals surface area contributed by atoms with Crippen molar-refractivity contribution in [2.75, 3.05) is 25.2 Å². The molecule has 0 radical (unpaired) electrons. The Bertz CT molecular complexity index is 1010. The van der Waals surface area contributed by atoms with Crippen LogP contribution in [0.3, 0.4) is 0 Å². The van der Waals surface area contributed by atoms with Gasteiger partial charge in [0.1, 0.15) is 29.3 Å². The molecule has 0 amide bonds. The van der Waals surface area contributed by atoms with E-state index < -0.39 is 23.3 Å². The van der Waals surface area contributed by atoms with Crippen molar-refractivity contribution in [1.82, 2.24) is 0 Å². The van der Waals surface area contributed by atoms with E-state index in [-0.39, 0.29) is 35.9 Å². The number of hydrogen-bond acceptors (Lipinski definition) is 8. The van der Waals surface area contributed by atoms with Gasteiger partial charge in [-0.1, -0.05) is 44.2 Å². The number of para-hydroxylation sites is 1. The van der Waals surface area contributed by atoms with Gasteiger partial charge in [0.15, 0.2) is 5.41 Å². The zero-order valence-corrected chi connectivity index (χ0v) is 17.9. The van der Waals surface area contributed by atoms with Crippen LogP contribution in [0.5, 0.6) is 0 Å². The predicted molar refractivity (Wildman–Crippen MR) is 114 cm³/mol. The molecule has 2 heterocycles. The molecule has 0 unspecified atom stereocenters. The molecular formula is C23H26N2O6. The highest BCUT2D eigenvalue weighted by Crippen LogP contribution is 2.53. The van der Waals surface area contributed by atoms with Gasteiger partial charge in [-0.2, -0.15) is 0 Å². The molecule has 0 aliphatic carbocycles. The summed E-state index contributed by atoms with van der Waals surface area (Å²) >= 11 is 0. The maximum atomic E-state index is 13.4. The summed E-state index contributed by atoms with van der Waals surface area (Å²) in [6.07, 6.45) is 2.87. The first kappa shape index (κ1) is 22.1. The number of rotatable bonds is 7. The molecular weight excluding hydrogens is 400 g/mol. The molecule has 1 spiro atoms. The van der Waals surface area contributed by atoms with Crippen molar-refractivity contribution < 1.29 is 28.6 Å². The van der Waals surface area contributed by atoms with E-state index in [1.165, 1.54) is 13.0 Å². The molecule has 8 heteroatoms. The van der Waals surface area contributed by atoms with Crippen LogP contribution in [0.15, 0.2) is 59.6 Å². The third-order valence-corrected chi connectivity index (χ3v) is 5.41. The number of benzene rings is 1. The fourth-order valence-electron chi connectivity index (χ4n) is 3.95. The maximum Gasteiger partial charge on any atom is 0.339 e. The normalized spacial score (nSPS) is 20.0. The highest BCUT2D eigenvalue weighted by Gasteiger charge is 2.63. The van der Waals surface area contributed by atoms with Crippen molar-refractivity contribution in [3.8, 4) is 0 Å². The van der Waals surface area contributed by atoms with E-state index in [1.54, 1.807) is 36.2 Å². The van der Waals surface area contributed by atoms with Crippen LogP contribution in [-0.2, 0) is 34.0 Å². The van der Waals surface area contributed by atoms with Gasteiger partial charge in [-0.25, -0.2) is 14.4 Å². The second-order valence-electron chi connectivity index (χ2n) is 7.28. The van der Waals surface area contributed by atoms with E-state index in [9.17, 15) is 14.4 Å². The third kappa shape index (κ3) is 3.37. The average Bonchev–Trinajstić information content (AvgIpc) is 3.01. The summed E-state index contributed by atoms with van der Waals surface area (Å²) in [5.41, 5.74) is 5.19. The monoisotopic (exact) mass is 426 g/mol. The van der Waals surface area contributed by atoms with Crippen LogP contribution in [0.1, 0.15) is 32.3 Å². The van der Waals surface area contributed by atoms with Gasteiger partial charge in [-0.3, -0.25) is 0 Å². The molecule has 1 aromatic rings. The minimum Gasteiger partial charge on any atom is -0.462 e.